The quantitative estimate of drug-likeness (QED) is 0.809. The number of alkyl halides is 2. The van der Waals surface area contributed by atoms with Gasteiger partial charge in [-0.25, -0.2) is 18.6 Å². The highest BCUT2D eigenvalue weighted by molar-refractivity contribution is 5.99. The molecule has 1 aliphatic rings. The second-order valence-corrected chi connectivity index (χ2v) is 4.83. The van der Waals surface area contributed by atoms with E-state index in [2.05, 4.69) is 25.8 Å². The van der Waals surface area contributed by atoms with Crippen LogP contribution in [0.25, 0.3) is 0 Å². The maximum Gasteiger partial charge on any atom is 0.324 e. The van der Waals surface area contributed by atoms with Crippen molar-refractivity contribution in [3.8, 4) is 0 Å². The molecule has 0 aliphatic heterocycles. The van der Waals surface area contributed by atoms with Gasteiger partial charge in [-0.15, -0.1) is 0 Å². The first-order chi connectivity index (χ1) is 10.1. The van der Waals surface area contributed by atoms with Gasteiger partial charge >= 0.3 is 6.03 Å². The highest BCUT2D eigenvalue weighted by Gasteiger charge is 2.28. The summed E-state index contributed by atoms with van der Waals surface area (Å²) in [5.74, 6) is 0.625. The lowest BCUT2D eigenvalue weighted by Crippen LogP contribution is -2.20. The summed E-state index contributed by atoms with van der Waals surface area (Å²) in [5, 5.41) is 11.9. The Morgan fingerprint density at radius 1 is 1.29 bits per heavy atom. The molecule has 3 rings (SSSR count). The summed E-state index contributed by atoms with van der Waals surface area (Å²) in [5.41, 5.74) is 1.34. The summed E-state index contributed by atoms with van der Waals surface area (Å²) in [7, 11) is 0. The first kappa shape index (κ1) is 13.5. The van der Waals surface area contributed by atoms with Crippen LogP contribution in [0.1, 0.15) is 36.4 Å². The average molecular weight is 293 g/mol. The number of hydrogen-bond donors (Lipinski definition) is 3. The van der Waals surface area contributed by atoms with Crippen LogP contribution in [0.3, 0.4) is 0 Å². The van der Waals surface area contributed by atoms with Crippen molar-refractivity contribution in [2.24, 2.45) is 0 Å². The van der Waals surface area contributed by atoms with E-state index in [9.17, 15) is 13.6 Å². The predicted octanol–water partition coefficient (Wildman–Crippen LogP) is 3.26. The van der Waals surface area contributed by atoms with Crippen molar-refractivity contribution in [2.45, 2.75) is 25.2 Å². The van der Waals surface area contributed by atoms with E-state index in [4.69, 9.17) is 0 Å². The van der Waals surface area contributed by atoms with E-state index >= 15 is 0 Å². The zero-order valence-corrected chi connectivity index (χ0v) is 10.9. The van der Waals surface area contributed by atoms with Gasteiger partial charge in [-0.3, -0.25) is 10.4 Å². The van der Waals surface area contributed by atoms with E-state index in [0.29, 0.717) is 11.6 Å². The molecule has 0 atom stereocenters. The summed E-state index contributed by atoms with van der Waals surface area (Å²) in [6.07, 6.45) is 2.16. The van der Waals surface area contributed by atoms with Crippen LogP contribution in [0.15, 0.2) is 24.5 Å². The lowest BCUT2D eigenvalue weighted by molar-refractivity contribution is 0.151. The second kappa shape index (κ2) is 5.47. The molecule has 0 saturated heterocycles. The molecule has 0 bridgehead atoms. The molecule has 21 heavy (non-hydrogen) atoms. The lowest BCUT2D eigenvalue weighted by atomic mass is 10.2. The Kier molecular flexibility index (Phi) is 3.51. The molecule has 2 aromatic rings. The number of nitrogens with zero attached hydrogens (tertiary/aromatic N) is 2. The Morgan fingerprint density at radius 3 is 2.71 bits per heavy atom. The van der Waals surface area contributed by atoms with Crippen LogP contribution in [-0.2, 0) is 0 Å². The van der Waals surface area contributed by atoms with Gasteiger partial charge in [-0.2, -0.15) is 5.10 Å². The summed E-state index contributed by atoms with van der Waals surface area (Å²) >= 11 is 0. The molecule has 8 heteroatoms. The van der Waals surface area contributed by atoms with Crippen molar-refractivity contribution in [2.75, 3.05) is 10.6 Å². The van der Waals surface area contributed by atoms with Crippen molar-refractivity contribution < 1.29 is 13.6 Å². The van der Waals surface area contributed by atoms with E-state index in [0.717, 1.165) is 24.7 Å². The second-order valence-electron chi connectivity index (χ2n) is 4.83. The van der Waals surface area contributed by atoms with Gasteiger partial charge in [0.1, 0.15) is 5.82 Å². The molecule has 6 nitrogen and oxygen atoms in total. The van der Waals surface area contributed by atoms with E-state index in [1.54, 1.807) is 6.20 Å². The number of nitrogens with one attached hydrogen (secondary N) is 3. The molecule has 2 heterocycles. The number of aromatic nitrogens is 3. The van der Waals surface area contributed by atoms with E-state index in [1.807, 2.05) is 0 Å². The molecule has 0 radical (unpaired) electrons. The molecular formula is C13H13F2N5O. The van der Waals surface area contributed by atoms with Gasteiger partial charge < -0.3 is 5.32 Å². The van der Waals surface area contributed by atoms with Crippen LogP contribution in [0.4, 0.5) is 25.1 Å². The third kappa shape index (κ3) is 3.15. The molecule has 110 valence electrons. The number of H-pyrrole nitrogens is 1. The van der Waals surface area contributed by atoms with Crippen molar-refractivity contribution in [1.82, 2.24) is 15.2 Å². The first-order valence-corrected chi connectivity index (χ1v) is 6.49. The highest BCUT2D eigenvalue weighted by atomic mass is 19.3. The molecular weight excluding hydrogens is 280 g/mol. The minimum atomic E-state index is -2.58. The Hall–Kier alpha value is -2.51. The van der Waals surface area contributed by atoms with Crippen LogP contribution in [0, 0.1) is 0 Å². The Morgan fingerprint density at radius 2 is 2.10 bits per heavy atom. The topological polar surface area (TPSA) is 82.7 Å². The van der Waals surface area contributed by atoms with Gasteiger partial charge in [-0.05, 0) is 25.0 Å². The van der Waals surface area contributed by atoms with Crippen molar-refractivity contribution in [3.05, 3.63) is 35.8 Å². The summed E-state index contributed by atoms with van der Waals surface area (Å²) in [6.45, 7) is 0. The molecule has 1 saturated carbocycles. The average Bonchev–Trinajstić information content (AvgIpc) is 3.20. The highest BCUT2D eigenvalue weighted by Crippen LogP contribution is 2.42. The maximum absolute atomic E-state index is 12.4. The monoisotopic (exact) mass is 293 g/mol. The largest absolute Gasteiger partial charge is 0.324 e. The number of hydrogen-bond acceptors (Lipinski definition) is 3. The van der Waals surface area contributed by atoms with Crippen molar-refractivity contribution in [3.63, 3.8) is 0 Å². The SMILES string of the molecule is O=C(Nc1ccc(C(F)F)cn1)Nc1cn[nH]c1C1CC1. The smallest absolute Gasteiger partial charge is 0.305 e. The summed E-state index contributed by atoms with van der Waals surface area (Å²) in [6, 6.07) is 2.06. The normalized spacial score (nSPS) is 14.2. The number of carbonyl (C=O) groups excluding carboxylic acids is 1. The number of rotatable bonds is 4. The van der Waals surface area contributed by atoms with Gasteiger partial charge in [0, 0.05) is 17.7 Å². The van der Waals surface area contributed by atoms with E-state index in [-0.39, 0.29) is 11.4 Å². The zero-order valence-electron chi connectivity index (χ0n) is 10.9. The fraction of sp³-hybridized carbons (Fsp3) is 0.308. The van der Waals surface area contributed by atoms with Crippen molar-refractivity contribution >= 4 is 17.5 Å². The van der Waals surface area contributed by atoms with Crippen LogP contribution < -0.4 is 10.6 Å². The molecule has 0 aromatic carbocycles. The molecule has 0 spiro atoms. The van der Waals surface area contributed by atoms with Crippen LogP contribution in [0.5, 0.6) is 0 Å². The van der Waals surface area contributed by atoms with Crippen LogP contribution in [-0.4, -0.2) is 21.2 Å². The molecule has 2 amide bonds. The van der Waals surface area contributed by atoms with E-state index < -0.39 is 12.5 Å². The summed E-state index contributed by atoms with van der Waals surface area (Å²) < 4.78 is 24.8. The van der Waals surface area contributed by atoms with Gasteiger partial charge in [-0.1, -0.05) is 0 Å². The first-order valence-electron chi connectivity index (χ1n) is 6.49. The zero-order chi connectivity index (χ0) is 14.8. The third-order valence-corrected chi connectivity index (χ3v) is 3.18. The molecule has 1 fully saturated rings. The number of halogens is 2. The summed E-state index contributed by atoms with van der Waals surface area (Å²) in [4.78, 5) is 15.6. The minimum Gasteiger partial charge on any atom is -0.305 e. The number of anilines is 2. The Bertz CT molecular complexity index is 636. The Balaban J connectivity index is 1.62. The fourth-order valence-electron chi connectivity index (χ4n) is 1.96. The molecule has 1 aliphatic carbocycles. The Labute approximate surface area is 119 Å². The van der Waals surface area contributed by atoms with Crippen LogP contribution >= 0.6 is 0 Å². The molecule has 0 unspecified atom stereocenters. The lowest BCUT2D eigenvalue weighted by Gasteiger charge is -2.07. The minimum absolute atomic E-state index is 0.188. The number of carbonyl (C=O) groups is 1. The number of aromatic amines is 1. The molecule has 2 aromatic heterocycles. The molecule has 3 N–H and O–H groups in total. The number of pyridine rings is 1. The number of urea groups is 1. The predicted molar refractivity (Wildman–Crippen MR) is 72.4 cm³/mol. The van der Waals surface area contributed by atoms with Crippen molar-refractivity contribution in [1.29, 1.82) is 0 Å². The van der Waals surface area contributed by atoms with Gasteiger partial charge in [0.2, 0.25) is 0 Å². The number of amides is 2. The third-order valence-electron chi connectivity index (χ3n) is 3.18. The van der Waals surface area contributed by atoms with Crippen LogP contribution in [0.2, 0.25) is 0 Å². The standard InChI is InChI=1S/C13H13F2N5O/c14-12(15)8-3-4-10(16-5-8)19-13(21)18-9-6-17-20-11(9)7-1-2-7/h3-7,12H,1-2H2,(H,17,20)(H2,16,18,19,21). The van der Waals surface area contributed by atoms with Gasteiger partial charge in [0.15, 0.2) is 0 Å². The van der Waals surface area contributed by atoms with Gasteiger partial charge in [0.05, 0.1) is 17.6 Å². The fourth-order valence-corrected chi connectivity index (χ4v) is 1.96. The maximum atomic E-state index is 12.4. The van der Waals surface area contributed by atoms with E-state index in [1.165, 1.54) is 12.1 Å². The van der Waals surface area contributed by atoms with Gasteiger partial charge in [0.25, 0.3) is 6.43 Å².